The second-order valence-electron chi connectivity index (χ2n) is 5.22. The predicted octanol–water partition coefficient (Wildman–Crippen LogP) is 4.51. The molecule has 6 nitrogen and oxygen atoms in total. The summed E-state index contributed by atoms with van der Waals surface area (Å²) < 4.78 is 12.8. The maximum atomic E-state index is 12.8. The number of nitrogens with zero attached hydrogens (tertiary/aromatic N) is 2. The molecule has 0 unspecified atom stereocenters. The smallest absolute Gasteiger partial charge is 0.269 e. The predicted molar refractivity (Wildman–Crippen MR) is 98.3 cm³/mol. The largest absolute Gasteiger partial charge is 0.298 e. The van der Waals surface area contributed by atoms with E-state index in [0.29, 0.717) is 22.0 Å². The number of non-ortho nitro benzene ring substituents is 1. The van der Waals surface area contributed by atoms with Crippen LogP contribution >= 0.6 is 11.3 Å². The van der Waals surface area contributed by atoms with E-state index in [9.17, 15) is 19.3 Å². The van der Waals surface area contributed by atoms with Crippen LogP contribution in [-0.2, 0) is 4.79 Å². The van der Waals surface area contributed by atoms with Gasteiger partial charge < -0.3 is 0 Å². The maximum Gasteiger partial charge on any atom is 0.269 e. The molecule has 1 heterocycles. The third-order valence-corrected chi connectivity index (χ3v) is 4.16. The summed E-state index contributed by atoms with van der Waals surface area (Å²) in [5.74, 6) is -0.702. The van der Waals surface area contributed by atoms with Crippen LogP contribution in [0.1, 0.15) is 5.56 Å². The number of benzene rings is 2. The average Bonchev–Trinajstić information content (AvgIpc) is 3.10. The summed E-state index contributed by atoms with van der Waals surface area (Å²) in [6, 6.07) is 11.8. The van der Waals surface area contributed by atoms with Crippen LogP contribution in [0.3, 0.4) is 0 Å². The highest BCUT2D eigenvalue weighted by molar-refractivity contribution is 7.14. The molecular weight excluding hydrogens is 357 g/mol. The molecule has 0 aliphatic rings. The Balaban J connectivity index is 1.65. The van der Waals surface area contributed by atoms with E-state index in [1.54, 1.807) is 35.7 Å². The van der Waals surface area contributed by atoms with Gasteiger partial charge >= 0.3 is 0 Å². The molecule has 0 saturated heterocycles. The summed E-state index contributed by atoms with van der Waals surface area (Å²) in [5.41, 5.74) is 2.03. The molecule has 0 aliphatic heterocycles. The molecule has 0 spiro atoms. The highest BCUT2D eigenvalue weighted by atomic mass is 32.1. The Morgan fingerprint density at radius 3 is 2.50 bits per heavy atom. The summed E-state index contributed by atoms with van der Waals surface area (Å²) in [4.78, 5) is 26.4. The summed E-state index contributed by atoms with van der Waals surface area (Å²) in [6.07, 6.45) is 2.90. The van der Waals surface area contributed by atoms with Gasteiger partial charge in [-0.25, -0.2) is 9.37 Å². The molecule has 0 fully saturated rings. The standard InChI is InChI=1S/C18H12FN3O3S/c19-14-6-1-12(2-7-14)3-10-17(23)21-18-20-16(11-26-18)13-4-8-15(9-5-13)22(24)25/h1-11H,(H,20,21,23). The van der Waals surface area contributed by atoms with Gasteiger partial charge in [0.25, 0.3) is 5.69 Å². The van der Waals surface area contributed by atoms with Crippen LogP contribution in [0.5, 0.6) is 0 Å². The Bertz CT molecular complexity index is 966. The van der Waals surface area contributed by atoms with Crippen molar-refractivity contribution >= 4 is 34.1 Å². The lowest BCUT2D eigenvalue weighted by molar-refractivity contribution is -0.384. The van der Waals surface area contributed by atoms with E-state index in [4.69, 9.17) is 0 Å². The molecule has 0 bridgehead atoms. The molecule has 0 aliphatic carbocycles. The third-order valence-electron chi connectivity index (χ3n) is 3.41. The van der Waals surface area contributed by atoms with E-state index in [1.165, 1.54) is 41.7 Å². The summed E-state index contributed by atoms with van der Waals surface area (Å²) in [5, 5.41) is 15.5. The van der Waals surface area contributed by atoms with Gasteiger partial charge in [0.2, 0.25) is 5.91 Å². The SMILES string of the molecule is O=C(C=Cc1ccc(F)cc1)Nc1nc(-c2ccc([N+](=O)[O-])cc2)cs1. The van der Waals surface area contributed by atoms with Crippen molar-refractivity contribution in [1.29, 1.82) is 0 Å². The van der Waals surface area contributed by atoms with E-state index in [-0.39, 0.29) is 17.4 Å². The number of nitrogens with one attached hydrogen (secondary N) is 1. The molecule has 8 heteroatoms. The van der Waals surface area contributed by atoms with Crippen LogP contribution in [0.15, 0.2) is 60.0 Å². The second-order valence-corrected chi connectivity index (χ2v) is 6.07. The molecule has 3 rings (SSSR count). The molecule has 26 heavy (non-hydrogen) atoms. The van der Waals surface area contributed by atoms with Crippen LogP contribution in [-0.4, -0.2) is 15.8 Å². The van der Waals surface area contributed by atoms with E-state index in [1.807, 2.05) is 0 Å². The summed E-state index contributed by atoms with van der Waals surface area (Å²) >= 11 is 1.25. The van der Waals surface area contributed by atoms with Gasteiger partial charge in [-0.05, 0) is 35.9 Å². The van der Waals surface area contributed by atoms with E-state index in [0.717, 1.165) is 0 Å². The Hall–Kier alpha value is -3.39. The second kappa shape index (κ2) is 7.66. The minimum atomic E-state index is -0.468. The monoisotopic (exact) mass is 369 g/mol. The number of hydrogen-bond acceptors (Lipinski definition) is 5. The van der Waals surface area contributed by atoms with Gasteiger partial charge in [0.1, 0.15) is 5.82 Å². The Labute approximate surface area is 151 Å². The fourth-order valence-corrected chi connectivity index (χ4v) is 2.83. The van der Waals surface area contributed by atoms with Crippen LogP contribution in [0.2, 0.25) is 0 Å². The number of amides is 1. The first kappa shape index (κ1) is 17.4. The van der Waals surface area contributed by atoms with Crippen molar-refractivity contribution in [1.82, 2.24) is 4.98 Å². The third kappa shape index (κ3) is 4.37. The van der Waals surface area contributed by atoms with E-state index in [2.05, 4.69) is 10.3 Å². The molecule has 2 aromatic carbocycles. The van der Waals surface area contributed by atoms with Crippen molar-refractivity contribution in [3.05, 3.63) is 81.5 Å². The molecule has 0 saturated carbocycles. The zero-order valence-electron chi connectivity index (χ0n) is 13.3. The van der Waals surface area contributed by atoms with Gasteiger partial charge in [0.15, 0.2) is 5.13 Å². The zero-order valence-corrected chi connectivity index (χ0v) is 14.1. The molecule has 130 valence electrons. The minimum Gasteiger partial charge on any atom is -0.298 e. The number of hydrogen-bond donors (Lipinski definition) is 1. The van der Waals surface area contributed by atoms with Crippen molar-refractivity contribution in [3.63, 3.8) is 0 Å². The van der Waals surface area contributed by atoms with Crippen molar-refractivity contribution in [2.24, 2.45) is 0 Å². The first-order valence-corrected chi connectivity index (χ1v) is 8.34. The fraction of sp³-hybridized carbons (Fsp3) is 0. The van der Waals surface area contributed by atoms with Crippen LogP contribution in [0.25, 0.3) is 17.3 Å². The number of anilines is 1. The normalized spacial score (nSPS) is 10.8. The van der Waals surface area contributed by atoms with Gasteiger partial charge in [-0.3, -0.25) is 20.2 Å². The number of halogens is 1. The highest BCUT2D eigenvalue weighted by Gasteiger charge is 2.09. The molecule has 0 atom stereocenters. The van der Waals surface area contributed by atoms with Gasteiger partial charge in [-0.15, -0.1) is 11.3 Å². The van der Waals surface area contributed by atoms with Crippen molar-refractivity contribution in [3.8, 4) is 11.3 Å². The molecular formula is C18H12FN3O3S. The Morgan fingerprint density at radius 1 is 1.15 bits per heavy atom. The molecule has 3 aromatic rings. The van der Waals surface area contributed by atoms with E-state index < -0.39 is 4.92 Å². The lowest BCUT2D eigenvalue weighted by Gasteiger charge is -1.98. The summed E-state index contributed by atoms with van der Waals surface area (Å²) in [6.45, 7) is 0. The molecule has 0 radical (unpaired) electrons. The van der Waals surface area contributed by atoms with Gasteiger partial charge in [-0.1, -0.05) is 12.1 Å². The first-order valence-electron chi connectivity index (χ1n) is 7.46. The van der Waals surface area contributed by atoms with Crippen LogP contribution in [0, 0.1) is 15.9 Å². The van der Waals surface area contributed by atoms with Crippen molar-refractivity contribution in [2.75, 3.05) is 5.32 Å². The van der Waals surface area contributed by atoms with Crippen molar-refractivity contribution in [2.45, 2.75) is 0 Å². The molecule has 1 N–H and O–H groups in total. The average molecular weight is 369 g/mol. The molecule has 1 aromatic heterocycles. The number of thiazole rings is 1. The zero-order chi connectivity index (χ0) is 18.5. The number of rotatable bonds is 5. The number of carbonyl (C=O) groups excluding carboxylic acids is 1. The lowest BCUT2D eigenvalue weighted by atomic mass is 10.1. The van der Waals surface area contributed by atoms with Crippen molar-refractivity contribution < 1.29 is 14.1 Å². The number of aromatic nitrogens is 1. The highest BCUT2D eigenvalue weighted by Crippen LogP contribution is 2.26. The first-order chi connectivity index (χ1) is 12.5. The minimum absolute atomic E-state index is 0.00318. The fourth-order valence-electron chi connectivity index (χ4n) is 2.11. The van der Waals surface area contributed by atoms with Gasteiger partial charge in [0, 0.05) is 29.2 Å². The Kier molecular flexibility index (Phi) is 5.14. The lowest BCUT2D eigenvalue weighted by Crippen LogP contribution is -2.07. The van der Waals surface area contributed by atoms with Crippen LogP contribution in [0.4, 0.5) is 15.2 Å². The maximum absolute atomic E-state index is 12.8. The van der Waals surface area contributed by atoms with Gasteiger partial charge in [-0.2, -0.15) is 0 Å². The quantitative estimate of drug-likeness (QED) is 0.407. The van der Waals surface area contributed by atoms with Crippen LogP contribution < -0.4 is 5.32 Å². The number of carbonyl (C=O) groups is 1. The van der Waals surface area contributed by atoms with Gasteiger partial charge in [0.05, 0.1) is 10.6 Å². The Morgan fingerprint density at radius 2 is 1.85 bits per heavy atom. The van der Waals surface area contributed by atoms with E-state index >= 15 is 0 Å². The number of nitro benzene ring substituents is 1. The topological polar surface area (TPSA) is 85.1 Å². The number of nitro groups is 1. The molecule has 1 amide bonds. The summed E-state index contributed by atoms with van der Waals surface area (Å²) in [7, 11) is 0.